The van der Waals surface area contributed by atoms with Crippen molar-refractivity contribution in [3.63, 3.8) is 0 Å². The summed E-state index contributed by atoms with van der Waals surface area (Å²) in [5.74, 6) is 0. The molecule has 0 radical (unpaired) electrons. The highest BCUT2D eigenvalue weighted by Gasteiger charge is 2.24. The minimum absolute atomic E-state index is 0.144. The third-order valence-corrected chi connectivity index (χ3v) is 2.81. The Morgan fingerprint density at radius 2 is 2.08 bits per heavy atom. The molecule has 0 fully saturated rings. The van der Waals surface area contributed by atoms with Crippen LogP contribution in [0.5, 0.6) is 0 Å². The second-order valence-electron chi connectivity index (χ2n) is 4.30. The van der Waals surface area contributed by atoms with Crippen LogP contribution in [-0.2, 0) is 0 Å². The van der Waals surface area contributed by atoms with Gasteiger partial charge >= 0.3 is 0 Å². The van der Waals surface area contributed by atoms with Crippen molar-refractivity contribution in [1.82, 2.24) is 5.32 Å². The lowest BCUT2D eigenvalue weighted by molar-refractivity contribution is 0.298. The topological polar surface area (TPSA) is 38.0 Å². The third kappa shape index (κ3) is 3.12. The molecule has 0 bridgehead atoms. The predicted molar refractivity (Wildman–Crippen MR) is 57.7 cm³/mol. The summed E-state index contributed by atoms with van der Waals surface area (Å²) < 4.78 is 0. The Kier molecular flexibility index (Phi) is 3.94. The molecule has 0 aromatic rings. The Balaban J connectivity index is 2.37. The zero-order valence-corrected chi connectivity index (χ0v) is 8.84. The summed E-state index contributed by atoms with van der Waals surface area (Å²) in [7, 11) is 0. The first-order chi connectivity index (χ1) is 6.20. The molecule has 0 spiro atoms. The van der Waals surface area contributed by atoms with Gasteiger partial charge in [-0.1, -0.05) is 25.5 Å². The van der Waals surface area contributed by atoms with E-state index in [9.17, 15) is 0 Å². The van der Waals surface area contributed by atoms with Gasteiger partial charge in [0.05, 0.1) is 0 Å². The number of nitrogens with two attached hydrogens (primary N) is 1. The van der Waals surface area contributed by atoms with E-state index >= 15 is 0 Å². The Hall–Kier alpha value is -0.340. The zero-order valence-electron chi connectivity index (χ0n) is 8.84. The summed E-state index contributed by atoms with van der Waals surface area (Å²) in [6.45, 7) is 5.18. The van der Waals surface area contributed by atoms with Crippen LogP contribution in [0, 0.1) is 0 Å². The molecule has 0 aromatic carbocycles. The quantitative estimate of drug-likeness (QED) is 0.636. The molecule has 0 amide bonds. The lowest BCUT2D eigenvalue weighted by atomic mass is 9.94. The Morgan fingerprint density at radius 1 is 1.46 bits per heavy atom. The first-order valence-corrected chi connectivity index (χ1v) is 5.33. The van der Waals surface area contributed by atoms with Gasteiger partial charge in [-0.3, -0.25) is 0 Å². The Bertz CT molecular complexity index is 169. The molecule has 1 atom stereocenters. The lowest BCUT2D eigenvalue weighted by Gasteiger charge is -2.32. The fraction of sp³-hybridized carbons (Fsp3) is 0.818. The van der Waals surface area contributed by atoms with Crippen molar-refractivity contribution in [2.45, 2.75) is 51.1 Å². The molecular weight excluding hydrogens is 160 g/mol. The van der Waals surface area contributed by atoms with Crippen LogP contribution in [-0.4, -0.2) is 18.1 Å². The average molecular weight is 182 g/mol. The van der Waals surface area contributed by atoms with Crippen molar-refractivity contribution in [2.75, 3.05) is 6.54 Å². The van der Waals surface area contributed by atoms with E-state index in [1.165, 1.54) is 25.7 Å². The molecule has 0 aliphatic heterocycles. The standard InChI is InChI=1S/C11H22N2/c1-3-8-11(2,9-12)13-10-6-4-5-7-10/h4-5,10,13H,3,6-9,12H2,1-2H3. The maximum Gasteiger partial charge on any atom is 0.0278 e. The van der Waals surface area contributed by atoms with E-state index in [-0.39, 0.29) is 5.54 Å². The fourth-order valence-electron chi connectivity index (χ4n) is 2.01. The summed E-state index contributed by atoms with van der Waals surface area (Å²) in [5, 5.41) is 3.66. The Labute approximate surface area is 81.6 Å². The molecule has 1 rings (SSSR count). The van der Waals surface area contributed by atoms with E-state index in [4.69, 9.17) is 5.73 Å². The monoisotopic (exact) mass is 182 g/mol. The number of rotatable bonds is 5. The number of hydrogen-bond donors (Lipinski definition) is 2. The molecule has 2 nitrogen and oxygen atoms in total. The molecule has 76 valence electrons. The van der Waals surface area contributed by atoms with Gasteiger partial charge in [0.1, 0.15) is 0 Å². The summed E-state index contributed by atoms with van der Waals surface area (Å²) in [5.41, 5.74) is 5.93. The van der Waals surface area contributed by atoms with Gasteiger partial charge in [0.25, 0.3) is 0 Å². The van der Waals surface area contributed by atoms with Gasteiger partial charge in [-0.2, -0.15) is 0 Å². The summed E-state index contributed by atoms with van der Waals surface area (Å²) in [4.78, 5) is 0. The first-order valence-electron chi connectivity index (χ1n) is 5.33. The van der Waals surface area contributed by atoms with Crippen LogP contribution in [0.1, 0.15) is 39.5 Å². The van der Waals surface area contributed by atoms with Gasteiger partial charge in [-0.25, -0.2) is 0 Å². The minimum Gasteiger partial charge on any atom is -0.329 e. The van der Waals surface area contributed by atoms with Gasteiger partial charge in [0.2, 0.25) is 0 Å². The van der Waals surface area contributed by atoms with Crippen LogP contribution in [0.25, 0.3) is 0 Å². The average Bonchev–Trinajstić information content (AvgIpc) is 2.57. The van der Waals surface area contributed by atoms with Crippen LogP contribution in [0.15, 0.2) is 12.2 Å². The van der Waals surface area contributed by atoms with Crippen LogP contribution < -0.4 is 11.1 Å². The van der Waals surface area contributed by atoms with Gasteiger partial charge in [0.15, 0.2) is 0 Å². The second-order valence-corrected chi connectivity index (χ2v) is 4.30. The summed E-state index contributed by atoms with van der Waals surface area (Å²) >= 11 is 0. The van der Waals surface area contributed by atoms with Gasteiger partial charge < -0.3 is 11.1 Å². The summed E-state index contributed by atoms with van der Waals surface area (Å²) in [6, 6.07) is 0.625. The second kappa shape index (κ2) is 4.77. The first kappa shape index (κ1) is 10.7. The van der Waals surface area contributed by atoms with Crippen LogP contribution in [0.4, 0.5) is 0 Å². The minimum atomic E-state index is 0.144. The largest absolute Gasteiger partial charge is 0.329 e. The molecule has 1 aliphatic rings. The Morgan fingerprint density at radius 3 is 2.54 bits per heavy atom. The molecule has 0 saturated heterocycles. The van der Waals surface area contributed by atoms with Crippen molar-refractivity contribution in [2.24, 2.45) is 5.73 Å². The fourth-order valence-corrected chi connectivity index (χ4v) is 2.01. The highest BCUT2D eigenvalue weighted by Crippen LogP contribution is 2.17. The third-order valence-electron chi connectivity index (χ3n) is 2.81. The molecule has 1 aliphatic carbocycles. The molecule has 13 heavy (non-hydrogen) atoms. The van der Waals surface area contributed by atoms with Crippen LogP contribution in [0.3, 0.4) is 0 Å². The van der Waals surface area contributed by atoms with Crippen LogP contribution in [0.2, 0.25) is 0 Å². The van der Waals surface area contributed by atoms with E-state index in [1.807, 2.05) is 0 Å². The highest BCUT2D eigenvalue weighted by molar-refractivity contribution is 5.00. The summed E-state index contributed by atoms with van der Waals surface area (Å²) in [6.07, 6.45) is 9.19. The van der Waals surface area contributed by atoms with Crippen molar-refractivity contribution < 1.29 is 0 Å². The van der Waals surface area contributed by atoms with Crippen molar-refractivity contribution >= 4 is 0 Å². The van der Waals surface area contributed by atoms with Crippen molar-refractivity contribution in [3.05, 3.63) is 12.2 Å². The normalized spacial score (nSPS) is 22.1. The van der Waals surface area contributed by atoms with Crippen molar-refractivity contribution in [3.8, 4) is 0 Å². The van der Waals surface area contributed by atoms with E-state index in [2.05, 4.69) is 31.3 Å². The van der Waals surface area contributed by atoms with E-state index < -0.39 is 0 Å². The zero-order chi connectivity index (χ0) is 9.73. The highest BCUT2D eigenvalue weighted by atomic mass is 15.0. The number of hydrogen-bond acceptors (Lipinski definition) is 2. The van der Waals surface area contributed by atoms with Crippen LogP contribution >= 0.6 is 0 Å². The molecule has 2 heteroatoms. The smallest absolute Gasteiger partial charge is 0.0278 e. The molecule has 0 heterocycles. The lowest BCUT2D eigenvalue weighted by Crippen LogP contribution is -2.52. The SMILES string of the molecule is CCCC(C)(CN)NC1CC=CC1. The molecule has 3 N–H and O–H groups in total. The van der Waals surface area contributed by atoms with Gasteiger partial charge in [0, 0.05) is 18.1 Å². The molecule has 0 saturated carbocycles. The maximum atomic E-state index is 5.79. The maximum absolute atomic E-state index is 5.79. The van der Waals surface area contributed by atoms with Gasteiger partial charge in [-0.15, -0.1) is 0 Å². The molecular formula is C11H22N2. The van der Waals surface area contributed by atoms with E-state index in [1.54, 1.807) is 0 Å². The van der Waals surface area contributed by atoms with Gasteiger partial charge in [-0.05, 0) is 26.2 Å². The molecule has 1 unspecified atom stereocenters. The molecule has 0 aromatic heterocycles. The number of nitrogens with one attached hydrogen (secondary N) is 1. The van der Waals surface area contributed by atoms with Crippen molar-refractivity contribution in [1.29, 1.82) is 0 Å². The van der Waals surface area contributed by atoms with E-state index in [0.717, 1.165) is 6.54 Å². The van der Waals surface area contributed by atoms with E-state index in [0.29, 0.717) is 6.04 Å². The predicted octanol–water partition coefficient (Wildman–Crippen LogP) is 1.81.